The van der Waals surface area contributed by atoms with Crippen LogP contribution in [0.4, 0.5) is 5.82 Å². The summed E-state index contributed by atoms with van der Waals surface area (Å²) in [6.07, 6.45) is 4.08. The Morgan fingerprint density at radius 1 is 1.36 bits per heavy atom. The third-order valence-electron chi connectivity index (χ3n) is 2.76. The first-order chi connectivity index (χ1) is 10.6. The van der Waals surface area contributed by atoms with Crippen LogP contribution in [0.5, 0.6) is 0 Å². The molecule has 2 aromatic rings. The number of nitrogens with zero attached hydrogens (tertiary/aromatic N) is 2. The molecule has 0 saturated heterocycles. The molecule has 2 heterocycles. The van der Waals surface area contributed by atoms with Gasteiger partial charge in [0.1, 0.15) is 17.3 Å². The maximum atomic E-state index is 12.0. The lowest BCUT2D eigenvalue weighted by Crippen LogP contribution is -2.27. The number of amides is 1. The maximum Gasteiger partial charge on any atom is 0.250 e. The van der Waals surface area contributed by atoms with Crippen LogP contribution >= 0.6 is 0 Å². The number of aryl methyl sites for hydroxylation is 1. The highest BCUT2D eigenvalue weighted by Gasteiger charge is 2.24. The van der Waals surface area contributed by atoms with Crippen LogP contribution in [0.15, 0.2) is 47.0 Å². The minimum Gasteiger partial charge on any atom is -0.462 e. The smallest absolute Gasteiger partial charge is 0.250 e. The lowest BCUT2D eigenvalue weighted by atomic mass is 10.0. The molecule has 2 aromatic heterocycles. The van der Waals surface area contributed by atoms with E-state index in [1.807, 2.05) is 0 Å². The van der Waals surface area contributed by atoms with E-state index in [-0.39, 0.29) is 5.82 Å². The zero-order valence-corrected chi connectivity index (χ0v) is 11.8. The molecular weight excluding hydrogens is 282 g/mol. The van der Waals surface area contributed by atoms with Gasteiger partial charge < -0.3 is 9.73 Å². The van der Waals surface area contributed by atoms with Crippen molar-refractivity contribution in [2.45, 2.75) is 6.92 Å². The van der Waals surface area contributed by atoms with Crippen molar-refractivity contribution >= 4 is 23.6 Å². The summed E-state index contributed by atoms with van der Waals surface area (Å²) in [6, 6.07) is 10.1. The maximum absolute atomic E-state index is 12.0. The average molecular weight is 295 g/mol. The van der Waals surface area contributed by atoms with Crippen LogP contribution in [0.3, 0.4) is 0 Å². The van der Waals surface area contributed by atoms with Gasteiger partial charge in [-0.1, -0.05) is 6.07 Å². The van der Waals surface area contributed by atoms with E-state index in [1.165, 1.54) is 12.3 Å². The van der Waals surface area contributed by atoms with Crippen LogP contribution in [0.25, 0.3) is 6.08 Å². The minimum atomic E-state index is -1.44. The second kappa shape index (κ2) is 6.99. The van der Waals surface area contributed by atoms with Crippen molar-refractivity contribution in [1.82, 2.24) is 4.98 Å². The second-order valence-electron chi connectivity index (χ2n) is 4.45. The number of aromatic nitrogens is 1. The number of allylic oxidation sites excluding steroid dienone is 1. The summed E-state index contributed by atoms with van der Waals surface area (Å²) >= 11 is 0. The van der Waals surface area contributed by atoms with Crippen LogP contribution in [-0.4, -0.2) is 16.7 Å². The van der Waals surface area contributed by atoms with Gasteiger partial charge in [0.2, 0.25) is 0 Å². The number of carbonyl (C=O) groups is 2. The average Bonchev–Trinajstić information content (AvgIpc) is 2.92. The van der Waals surface area contributed by atoms with Gasteiger partial charge in [0.05, 0.1) is 6.07 Å². The van der Waals surface area contributed by atoms with Crippen molar-refractivity contribution in [2.24, 2.45) is 5.92 Å². The molecule has 0 aromatic carbocycles. The van der Waals surface area contributed by atoms with Crippen LogP contribution in [-0.2, 0) is 9.59 Å². The molecule has 0 unspecified atom stereocenters. The van der Waals surface area contributed by atoms with E-state index in [4.69, 9.17) is 9.68 Å². The van der Waals surface area contributed by atoms with E-state index in [0.29, 0.717) is 11.5 Å². The highest BCUT2D eigenvalue weighted by Crippen LogP contribution is 2.10. The molecule has 2 rings (SSSR count). The summed E-state index contributed by atoms with van der Waals surface area (Å²) in [4.78, 5) is 27.8. The fourth-order valence-corrected chi connectivity index (χ4v) is 1.69. The largest absolute Gasteiger partial charge is 0.462 e. The first-order valence-corrected chi connectivity index (χ1v) is 6.50. The SMILES string of the molecule is Cc1ccc(/C=C/C(=O)[C@H](C#N)C(=O)Nc2ccccn2)o1. The summed E-state index contributed by atoms with van der Waals surface area (Å²) in [5.74, 6) is -1.30. The van der Waals surface area contributed by atoms with E-state index >= 15 is 0 Å². The summed E-state index contributed by atoms with van der Waals surface area (Å²) in [5, 5.41) is 11.5. The monoisotopic (exact) mass is 295 g/mol. The van der Waals surface area contributed by atoms with E-state index in [2.05, 4.69) is 10.3 Å². The van der Waals surface area contributed by atoms with Gasteiger partial charge in [-0.25, -0.2) is 4.98 Å². The fraction of sp³-hybridized carbons (Fsp3) is 0.125. The predicted molar refractivity (Wildman–Crippen MR) is 79.5 cm³/mol. The van der Waals surface area contributed by atoms with Gasteiger partial charge in [-0.2, -0.15) is 5.26 Å². The molecule has 22 heavy (non-hydrogen) atoms. The Kier molecular flexibility index (Phi) is 4.83. The molecule has 0 saturated carbocycles. The molecule has 1 atom stereocenters. The van der Waals surface area contributed by atoms with Gasteiger partial charge in [0, 0.05) is 6.20 Å². The van der Waals surface area contributed by atoms with Gasteiger partial charge in [-0.15, -0.1) is 0 Å². The highest BCUT2D eigenvalue weighted by molar-refractivity contribution is 6.13. The Balaban J connectivity index is 2.04. The predicted octanol–water partition coefficient (Wildman–Crippen LogP) is 2.34. The van der Waals surface area contributed by atoms with Gasteiger partial charge in [-0.3, -0.25) is 9.59 Å². The third kappa shape index (κ3) is 3.90. The number of hydrogen-bond donors (Lipinski definition) is 1. The first-order valence-electron chi connectivity index (χ1n) is 6.50. The molecule has 0 aliphatic heterocycles. The first kappa shape index (κ1) is 15.2. The molecule has 0 aliphatic carbocycles. The highest BCUT2D eigenvalue weighted by atomic mass is 16.3. The normalized spacial score (nSPS) is 11.8. The molecule has 0 spiro atoms. The number of hydrogen-bond acceptors (Lipinski definition) is 5. The number of anilines is 1. The van der Waals surface area contributed by atoms with Gasteiger partial charge in [0.25, 0.3) is 5.91 Å². The van der Waals surface area contributed by atoms with Crippen molar-refractivity contribution in [3.63, 3.8) is 0 Å². The van der Waals surface area contributed by atoms with Crippen molar-refractivity contribution in [2.75, 3.05) is 5.32 Å². The van der Waals surface area contributed by atoms with Crippen LogP contribution in [0, 0.1) is 24.2 Å². The molecule has 0 radical (unpaired) electrons. The molecule has 6 heteroatoms. The van der Waals surface area contributed by atoms with Crippen LogP contribution in [0.2, 0.25) is 0 Å². The van der Waals surface area contributed by atoms with E-state index in [0.717, 1.165) is 6.08 Å². The standard InChI is InChI=1S/C16H13N3O3/c1-11-5-6-12(22-11)7-8-14(20)13(10-17)16(21)19-15-4-2-3-9-18-15/h2-9,13H,1H3,(H,18,19,21)/b8-7+/t13-/m0/s1. The van der Waals surface area contributed by atoms with Crippen molar-refractivity contribution in [1.29, 1.82) is 5.26 Å². The number of ketones is 1. The Morgan fingerprint density at radius 3 is 2.77 bits per heavy atom. The fourth-order valence-electron chi connectivity index (χ4n) is 1.69. The lowest BCUT2D eigenvalue weighted by Gasteiger charge is -2.06. The van der Waals surface area contributed by atoms with E-state index < -0.39 is 17.6 Å². The van der Waals surface area contributed by atoms with Gasteiger partial charge >= 0.3 is 0 Å². The zero-order chi connectivity index (χ0) is 15.9. The minimum absolute atomic E-state index is 0.284. The number of rotatable bonds is 5. The number of pyridine rings is 1. The van der Waals surface area contributed by atoms with Gasteiger partial charge in [0.15, 0.2) is 11.7 Å². The lowest BCUT2D eigenvalue weighted by molar-refractivity contribution is -0.126. The number of nitriles is 1. The quantitative estimate of drug-likeness (QED) is 0.674. The number of furan rings is 1. The topological polar surface area (TPSA) is 96.0 Å². The molecule has 0 aliphatic rings. The van der Waals surface area contributed by atoms with Crippen LogP contribution < -0.4 is 5.32 Å². The summed E-state index contributed by atoms with van der Waals surface area (Å²) in [5.41, 5.74) is 0. The Labute approximate surface area is 127 Å². The molecule has 6 nitrogen and oxygen atoms in total. The second-order valence-corrected chi connectivity index (χ2v) is 4.45. The molecule has 1 N–H and O–H groups in total. The van der Waals surface area contributed by atoms with E-state index in [1.54, 1.807) is 43.3 Å². The van der Waals surface area contributed by atoms with Crippen molar-refractivity contribution in [3.05, 3.63) is 54.1 Å². The zero-order valence-electron chi connectivity index (χ0n) is 11.8. The summed E-state index contributed by atoms with van der Waals surface area (Å²) in [6.45, 7) is 1.78. The van der Waals surface area contributed by atoms with Gasteiger partial charge in [-0.05, 0) is 43.3 Å². The Bertz CT molecular complexity index is 741. The Morgan fingerprint density at radius 2 is 2.18 bits per heavy atom. The molecule has 110 valence electrons. The van der Waals surface area contributed by atoms with Crippen LogP contribution in [0.1, 0.15) is 11.5 Å². The summed E-state index contributed by atoms with van der Waals surface area (Å²) < 4.78 is 5.27. The van der Waals surface area contributed by atoms with Crippen molar-refractivity contribution < 1.29 is 14.0 Å². The summed E-state index contributed by atoms with van der Waals surface area (Å²) in [7, 11) is 0. The number of nitrogens with one attached hydrogen (secondary N) is 1. The Hall–Kier alpha value is -3.20. The molecular formula is C16H13N3O3. The number of carbonyl (C=O) groups excluding carboxylic acids is 2. The molecule has 1 amide bonds. The molecule has 0 bridgehead atoms. The van der Waals surface area contributed by atoms with E-state index in [9.17, 15) is 9.59 Å². The third-order valence-corrected chi connectivity index (χ3v) is 2.76. The van der Waals surface area contributed by atoms with Crippen molar-refractivity contribution in [3.8, 4) is 6.07 Å². The molecule has 0 fully saturated rings.